The van der Waals surface area contributed by atoms with Gasteiger partial charge in [-0.1, -0.05) is 243 Å². The third kappa shape index (κ3) is 11.3. The van der Waals surface area contributed by atoms with Crippen molar-refractivity contribution in [1.29, 1.82) is 0 Å². The van der Waals surface area contributed by atoms with Gasteiger partial charge < -0.3 is 0 Å². The highest BCUT2D eigenvalue weighted by molar-refractivity contribution is 14.2. The van der Waals surface area contributed by atoms with E-state index in [0.717, 1.165) is 97.3 Å². The van der Waals surface area contributed by atoms with E-state index in [0.29, 0.717) is 0 Å². The van der Waals surface area contributed by atoms with Gasteiger partial charge in [0.1, 0.15) is 0 Å². The second-order valence-electron chi connectivity index (χ2n) is 25.1. The van der Waals surface area contributed by atoms with Crippen LogP contribution in [0.3, 0.4) is 0 Å². The summed E-state index contributed by atoms with van der Waals surface area (Å²) < 4.78 is 50.2. The van der Waals surface area contributed by atoms with E-state index < -0.39 is 84.8 Å². The first-order valence-electron chi connectivity index (χ1n) is 30.5. The number of benzene rings is 12. The molecule has 4 saturated carbocycles. The third-order valence-electron chi connectivity index (χ3n) is 20.0. The molecule has 4 aliphatic carbocycles. The molecule has 4 fully saturated rings. The van der Waals surface area contributed by atoms with Crippen molar-refractivity contribution in [3.8, 4) is 89.0 Å². The standard InChI is InChI=1S/C82H60I4O4/c87-83-75-41-25-67(26-42-75)59-9-1-55(2-10-59)63-17-33-71(34-18-63)79-49-80(72-35-19-64(20-36-72)56-3-11-60(12-4-56)68-27-43-76(84-88)44-28-68)52-81(50-79,73-37-21-65(22-38-73)57-5-13-61(14-6-57)69-29-45-77(85-89)46-30-69)54-82(51-79,53-80)74-39-23-66(24-40-74)58-7-15-62(16-8-58)70-31-47-78(86-90)48-32-70/h1-48H,49-54H2. The van der Waals surface area contributed by atoms with Crippen molar-refractivity contribution in [2.75, 3.05) is 0 Å². The van der Waals surface area contributed by atoms with Crippen LogP contribution in [0.5, 0.6) is 0 Å². The Labute approximate surface area is 567 Å². The van der Waals surface area contributed by atoms with Crippen LogP contribution in [0.15, 0.2) is 291 Å². The lowest BCUT2D eigenvalue weighted by atomic mass is 9.32. The molecule has 16 rings (SSSR count). The number of hydrogen-bond acceptors (Lipinski definition) is 4. The van der Waals surface area contributed by atoms with Gasteiger partial charge in [0.2, 0.25) is 0 Å². The minimum atomic E-state index is -1.19. The van der Waals surface area contributed by atoms with Gasteiger partial charge in [0, 0.05) is 14.3 Å². The van der Waals surface area contributed by atoms with Crippen molar-refractivity contribution < 1.29 is 12.3 Å². The summed E-state index contributed by atoms with van der Waals surface area (Å²) in [6.45, 7) is 0. The van der Waals surface area contributed by atoms with Crippen molar-refractivity contribution in [1.82, 2.24) is 0 Å². The van der Waals surface area contributed by atoms with E-state index in [1.165, 1.54) is 66.8 Å². The Morgan fingerprint density at radius 2 is 0.256 bits per heavy atom. The Morgan fingerprint density at radius 1 is 0.156 bits per heavy atom. The van der Waals surface area contributed by atoms with Gasteiger partial charge in [-0.15, -0.1) is 0 Å². The second-order valence-corrected chi connectivity index (χ2v) is 31.9. The van der Waals surface area contributed by atoms with Crippen LogP contribution in [0.2, 0.25) is 0 Å². The monoisotopic (exact) mass is 1620 g/mol. The molecule has 0 aliphatic heterocycles. The Hall–Kier alpha value is -7.24. The maximum absolute atomic E-state index is 11.6. The van der Waals surface area contributed by atoms with Crippen LogP contribution in [0, 0.1) is 14.3 Å². The summed E-state index contributed by atoms with van der Waals surface area (Å²) in [6.07, 6.45) is 6.35. The first-order valence-corrected chi connectivity index (χ1v) is 38.3. The van der Waals surface area contributed by atoms with E-state index in [9.17, 15) is 12.3 Å². The van der Waals surface area contributed by atoms with Crippen molar-refractivity contribution in [2.24, 2.45) is 0 Å². The predicted molar refractivity (Wildman–Crippen MR) is 397 cm³/mol. The molecule has 12 aromatic carbocycles. The lowest BCUT2D eigenvalue weighted by Crippen LogP contribution is -2.67. The summed E-state index contributed by atoms with van der Waals surface area (Å²) in [6, 6.07) is 107. The van der Waals surface area contributed by atoms with Crippen LogP contribution in [0.4, 0.5) is 0 Å². The molecule has 4 bridgehead atoms. The van der Waals surface area contributed by atoms with E-state index in [-0.39, 0.29) is 21.7 Å². The van der Waals surface area contributed by atoms with Crippen LogP contribution >= 0.6 is 84.8 Å². The fraction of sp³-hybridized carbons (Fsp3) is 0.122. The molecule has 90 heavy (non-hydrogen) atoms. The first kappa shape index (κ1) is 59.1. The van der Waals surface area contributed by atoms with Crippen LogP contribution in [-0.2, 0) is 33.9 Å². The average Bonchev–Trinajstić information content (AvgIpc) is 0.687. The topological polar surface area (TPSA) is 68.3 Å². The van der Waals surface area contributed by atoms with Crippen LogP contribution in [0.25, 0.3) is 89.0 Å². The third-order valence-corrected chi connectivity index (χ3v) is 24.9. The highest BCUT2D eigenvalue weighted by Crippen LogP contribution is 2.75. The van der Waals surface area contributed by atoms with E-state index in [4.69, 9.17) is 0 Å². The smallest absolute Gasteiger partial charge is 0.182 e. The zero-order valence-electron chi connectivity index (χ0n) is 49.1. The molecule has 0 atom stereocenters. The molecule has 0 heterocycles. The lowest BCUT2D eigenvalue weighted by molar-refractivity contribution is -0.0691. The quantitative estimate of drug-likeness (QED) is 0.0904. The van der Waals surface area contributed by atoms with Crippen LogP contribution in [-0.4, -0.2) is 0 Å². The van der Waals surface area contributed by atoms with E-state index in [2.05, 4.69) is 243 Å². The molecular weight excluding hydrogens is 1560 g/mol. The summed E-state index contributed by atoms with van der Waals surface area (Å²) in [5, 5.41) is 0. The van der Waals surface area contributed by atoms with Gasteiger partial charge in [0.05, 0.1) is 0 Å². The first-order chi connectivity index (χ1) is 44.1. The summed E-state index contributed by atoms with van der Waals surface area (Å²) in [5.74, 6) is 0. The van der Waals surface area contributed by atoms with Crippen molar-refractivity contribution in [3.63, 3.8) is 0 Å². The Kier molecular flexibility index (Phi) is 16.3. The molecule has 0 unspecified atom stereocenters. The molecule has 0 saturated heterocycles. The largest absolute Gasteiger partial charge is 0.265 e. The Morgan fingerprint density at radius 3 is 0.367 bits per heavy atom. The minimum absolute atomic E-state index is 0.151. The molecule has 0 aromatic heterocycles. The summed E-state index contributed by atoms with van der Waals surface area (Å²) >= 11 is -4.74. The van der Waals surface area contributed by atoms with Gasteiger partial charge in [-0.2, -0.15) is 0 Å². The van der Waals surface area contributed by atoms with Gasteiger partial charge >= 0.3 is 0 Å². The minimum Gasteiger partial charge on any atom is -0.265 e. The van der Waals surface area contributed by atoms with Gasteiger partial charge in [0.25, 0.3) is 0 Å². The molecule has 0 spiro atoms. The van der Waals surface area contributed by atoms with Gasteiger partial charge in [-0.3, -0.25) is 12.3 Å². The SMILES string of the molecule is O=Ic1ccc(-c2ccc(-c3ccc(C45CC6(c7ccc(-c8ccc(-c9ccc(I=O)cc9)cc8)cc7)CC(c7ccc(-c8ccc(-c9ccc(I=O)cc9)cc8)cc7)(C4)CC(c4ccc(-c7ccc(-c8ccc(I=O)cc8)cc7)cc4)(C5)C6)cc3)cc2)cc1. The van der Waals surface area contributed by atoms with E-state index >= 15 is 0 Å². The van der Waals surface area contributed by atoms with Crippen molar-refractivity contribution in [2.45, 2.75) is 60.2 Å². The molecule has 4 nitrogen and oxygen atoms in total. The molecule has 4 aliphatic rings. The fourth-order valence-corrected chi connectivity index (χ4v) is 18.7. The molecule has 0 N–H and O–H groups in total. The van der Waals surface area contributed by atoms with E-state index in [1.54, 1.807) is 0 Å². The van der Waals surface area contributed by atoms with Crippen molar-refractivity contribution >= 4 is 84.8 Å². The zero-order valence-corrected chi connectivity index (χ0v) is 57.7. The number of hydrogen-bond donors (Lipinski definition) is 0. The van der Waals surface area contributed by atoms with Crippen LogP contribution < -0.4 is 0 Å². The van der Waals surface area contributed by atoms with E-state index in [1.807, 2.05) is 48.5 Å². The second kappa shape index (κ2) is 24.8. The fourth-order valence-electron chi connectivity index (χ4n) is 16.1. The lowest BCUT2D eigenvalue weighted by Gasteiger charge is -2.71. The molecule has 0 radical (unpaired) electrons. The summed E-state index contributed by atoms with van der Waals surface area (Å²) in [7, 11) is 0. The maximum Gasteiger partial charge on any atom is 0.182 e. The Balaban J connectivity index is 0.825. The van der Waals surface area contributed by atoms with Gasteiger partial charge in [-0.05, 0) is 220 Å². The maximum atomic E-state index is 11.6. The Bertz CT molecular complexity index is 3990. The average molecular weight is 1620 g/mol. The summed E-state index contributed by atoms with van der Waals surface area (Å²) in [5.41, 5.74) is 23.7. The highest BCUT2D eigenvalue weighted by Gasteiger charge is 2.69. The van der Waals surface area contributed by atoms with Gasteiger partial charge in [-0.25, -0.2) is 0 Å². The van der Waals surface area contributed by atoms with Crippen molar-refractivity contribution in [3.05, 3.63) is 328 Å². The molecule has 8 heteroatoms. The van der Waals surface area contributed by atoms with Crippen LogP contribution in [0.1, 0.15) is 60.8 Å². The molecule has 12 aromatic rings. The number of rotatable bonds is 16. The summed E-state index contributed by atoms with van der Waals surface area (Å²) in [4.78, 5) is 0. The molecule has 0 amide bonds. The molecular formula is C82H60I4O4. The zero-order chi connectivity index (χ0) is 60.9. The predicted octanol–water partition coefficient (Wildman–Crippen LogP) is 23.4. The highest BCUT2D eigenvalue weighted by atomic mass is 127. The normalized spacial score (nSPS) is 19.8. The van der Waals surface area contributed by atoms with Gasteiger partial charge in [0.15, 0.2) is 84.8 Å². The number of halogens is 4. The molecule has 440 valence electrons.